The molecule has 51 heavy (non-hydrogen) atoms. The third-order valence-corrected chi connectivity index (χ3v) is 13.9. The van der Waals surface area contributed by atoms with E-state index in [0.29, 0.717) is 0 Å². The zero-order valence-electron chi connectivity index (χ0n) is 29.0. The lowest BCUT2D eigenvalue weighted by molar-refractivity contribution is 0.591. The SMILES string of the molecule is C=C/C(=C\C=C/C)P(=O)(c1ccccc1)c1ccc2c(c1)C(C)(C)c1cc(-c3ccc4c5ccccc5n5c6ccccc6nc5c4c3)ccc1-2. The second-order valence-electron chi connectivity index (χ2n) is 13.9. The van der Waals surface area contributed by atoms with Crippen molar-refractivity contribution in [2.24, 2.45) is 0 Å². The van der Waals surface area contributed by atoms with E-state index in [9.17, 15) is 0 Å². The Kier molecular flexibility index (Phi) is 7.14. The number of nitrogens with zero attached hydrogens (tertiary/aromatic N) is 2. The molecule has 0 radical (unpaired) electrons. The third kappa shape index (κ3) is 4.58. The van der Waals surface area contributed by atoms with Crippen LogP contribution in [0, 0.1) is 0 Å². The first-order chi connectivity index (χ1) is 24.8. The van der Waals surface area contributed by atoms with Crippen molar-refractivity contribution in [1.82, 2.24) is 9.38 Å². The van der Waals surface area contributed by atoms with Crippen LogP contribution in [0.1, 0.15) is 31.9 Å². The number of imidazole rings is 1. The second kappa shape index (κ2) is 11.7. The molecule has 9 rings (SSSR count). The summed E-state index contributed by atoms with van der Waals surface area (Å²) in [5.41, 5.74) is 11.1. The summed E-state index contributed by atoms with van der Waals surface area (Å²) in [5.74, 6) is 0. The fourth-order valence-corrected chi connectivity index (χ4v) is 10.8. The molecule has 4 heteroatoms. The molecule has 2 heterocycles. The number of hydrogen-bond acceptors (Lipinski definition) is 2. The number of rotatable bonds is 6. The van der Waals surface area contributed by atoms with Gasteiger partial charge in [-0.15, -0.1) is 0 Å². The van der Waals surface area contributed by atoms with Gasteiger partial charge in [0.25, 0.3) is 0 Å². The Morgan fingerprint density at radius 1 is 0.686 bits per heavy atom. The molecule has 1 aliphatic carbocycles. The minimum Gasteiger partial charge on any atom is -0.309 e. The highest BCUT2D eigenvalue weighted by atomic mass is 31.2. The largest absolute Gasteiger partial charge is 0.309 e. The van der Waals surface area contributed by atoms with Gasteiger partial charge in [-0.25, -0.2) is 4.98 Å². The van der Waals surface area contributed by atoms with E-state index in [-0.39, 0.29) is 5.41 Å². The number of fused-ring (bicyclic) bond motifs is 11. The molecule has 8 aromatic rings. The van der Waals surface area contributed by atoms with Crippen LogP contribution in [0.15, 0.2) is 170 Å². The summed E-state index contributed by atoms with van der Waals surface area (Å²) in [6, 6.07) is 46.9. The van der Waals surface area contributed by atoms with Crippen LogP contribution in [-0.4, -0.2) is 9.38 Å². The Balaban J connectivity index is 1.19. The molecule has 1 unspecified atom stereocenters. The smallest absolute Gasteiger partial charge is 0.171 e. The molecule has 1 atom stereocenters. The van der Waals surface area contributed by atoms with E-state index in [1.807, 2.05) is 55.5 Å². The molecular weight excluding hydrogens is 640 g/mol. The second-order valence-corrected chi connectivity index (χ2v) is 16.7. The minimum absolute atomic E-state index is 0.305. The van der Waals surface area contributed by atoms with Gasteiger partial charge >= 0.3 is 0 Å². The first-order valence-electron chi connectivity index (χ1n) is 17.5. The molecule has 246 valence electrons. The van der Waals surface area contributed by atoms with Gasteiger partial charge in [-0.1, -0.05) is 142 Å². The van der Waals surface area contributed by atoms with Crippen molar-refractivity contribution in [3.63, 3.8) is 0 Å². The molecule has 3 nitrogen and oxygen atoms in total. The lowest BCUT2D eigenvalue weighted by atomic mass is 9.81. The fourth-order valence-electron chi connectivity index (χ4n) is 8.17. The van der Waals surface area contributed by atoms with Crippen LogP contribution in [-0.2, 0) is 9.98 Å². The predicted molar refractivity (Wildman–Crippen MR) is 217 cm³/mol. The molecule has 0 spiro atoms. The standard InChI is InChI=1S/C47H37N2OP/c1-5-7-15-33(6-2)51(50,34-16-9-8-10-17-34)35-24-27-38-37-26-23-32(29-41(37)47(3,4)42(38)30-35)31-22-25-36-39-18-11-13-20-44(39)49-45-21-14-12-19-43(45)48-46(49)40(36)28-31/h5-30H,2H2,1,3-4H3/b7-5-,33-15+. The van der Waals surface area contributed by atoms with Gasteiger partial charge in [0, 0.05) is 32.1 Å². The Bertz CT molecular complexity index is 2840. The van der Waals surface area contributed by atoms with Crippen LogP contribution in [0.5, 0.6) is 0 Å². The van der Waals surface area contributed by atoms with Crippen molar-refractivity contribution in [3.8, 4) is 22.3 Å². The lowest BCUT2D eigenvalue weighted by Crippen LogP contribution is -2.21. The van der Waals surface area contributed by atoms with E-state index < -0.39 is 7.14 Å². The van der Waals surface area contributed by atoms with Crippen molar-refractivity contribution < 1.29 is 4.57 Å². The monoisotopic (exact) mass is 676 g/mol. The first kappa shape index (κ1) is 31.2. The zero-order valence-corrected chi connectivity index (χ0v) is 29.9. The van der Waals surface area contributed by atoms with Crippen molar-refractivity contribution >= 4 is 56.1 Å². The van der Waals surface area contributed by atoms with Crippen LogP contribution >= 0.6 is 7.14 Å². The quantitative estimate of drug-likeness (QED) is 0.0998. The van der Waals surface area contributed by atoms with Crippen LogP contribution in [0.4, 0.5) is 0 Å². The Hall–Kier alpha value is -5.76. The summed E-state index contributed by atoms with van der Waals surface area (Å²) in [7, 11) is -3.19. The maximum atomic E-state index is 15.3. The van der Waals surface area contributed by atoms with Gasteiger partial charge < -0.3 is 4.57 Å². The molecule has 0 amide bonds. The van der Waals surface area contributed by atoms with E-state index in [1.165, 1.54) is 33.0 Å². The van der Waals surface area contributed by atoms with Gasteiger partial charge in [0.1, 0.15) is 5.65 Å². The maximum Gasteiger partial charge on any atom is 0.171 e. The zero-order chi connectivity index (χ0) is 34.9. The third-order valence-electron chi connectivity index (χ3n) is 10.8. The average molecular weight is 677 g/mol. The van der Waals surface area contributed by atoms with Crippen molar-refractivity contribution in [3.05, 3.63) is 181 Å². The predicted octanol–water partition coefficient (Wildman–Crippen LogP) is 11.7. The van der Waals surface area contributed by atoms with Gasteiger partial charge in [0.05, 0.1) is 16.6 Å². The van der Waals surface area contributed by atoms with E-state index in [1.54, 1.807) is 6.08 Å². The summed E-state index contributed by atoms with van der Waals surface area (Å²) >= 11 is 0. The highest BCUT2D eigenvalue weighted by molar-refractivity contribution is 7.82. The van der Waals surface area contributed by atoms with Gasteiger partial charge in [0.15, 0.2) is 7.14 Å². The van der Waals surface area contributed by atoms with Crippen LogP contribution in [0.2, 0.25) is 0 Å². The summed E-state index contributed by atoms with van der Waals surface area (Å²) in [6.45, 7) is 10.6. The van der Waals surface area contributed by atoms with Gasteiger partial charge in [-0.3, -0.25) is 4.40 Å². The maximum absolute atomic E-state index is 15.3. The molecule has 0 saturated heterocycles. The summed E-state index contributed by atoms with van der Waals surface area (Å²) in [5, 5.41) is 5.90. The number of pyridine rings is 1. The number of benzene rings is 6. The number of hydrogen-bond donors (Lipinski definition) is 0. The van der Waals surface area contributed by atoms with Crippen molar-refractivity contribution in [2.75, 3.05) is 0 Å². The number of para-hydroxylation sites is 3. The van der Waals surface area contributed by atoms with Gasteiger partial charge in [-0.05, 0) is 82.1 Å². The Morgan fingerprint density at radius 3 is 2.14 bits per heavy atom. The van der Waals surface area contributed by atoms with E-state index in [2.05, 4.69) is 128 Å². The topological polar surface area (TPSA) is 34.4 Å². The van der Waals surface area contributed by atoms with Gasteiger partial charge in [0.2, 0.25) is 0 Å². The lowest BCUT2D eigenvalue weighted by Gasteiger charge is -2.25. The van der Waals surface area contributed by atoms with Crippen molar-refractivity contribution in [1.29, 1.82) is 0 Å². The molecule has 0 fully saturated rings. The number of aromatic nitrogens is 2. The summed E-state index contributed by atoms with van der Waals surface area (Å²) in [6.07, 6.45) is 7.58. The number of allylic oxidation sites excluding steroid dienone is 5. The molecule has 0 N–H and O–H groups in total. The van der Waals surface area contributed by atoms with E-state index >= 15 is 4.57 Å². The Labute approximate surface area is 298 Å². The van der Waals surface area contributed by atoms with Gasteiger partial charge in [-0.2, -0.15) is 0 Å². The normalized spacial score (nSPS) is 15.1. The minimum atomic E-state index is -3.19. The summed E-state index contributed by atoms with van der Waals surface area (Å²) in [4.78, 5) is 5.15. The molecule has 0 bridgehead atoms. The highest BCUT2D eigenvalue weighted by Crippen LogP contribution is 2.55. The van der Waals surface area contributed by atoms with Crippen LogP contribution in [0.3, 0.4) is 0 Å². The van der Waals surface area contributed by atoms with E-state index in [0.717, 1.165) is 54.6 Å². The molecule has 0 saturated carbocycles. The molecular formula is C47H37N2OP. The molecule has 1 aliphatic rings. The Morgan fingerprint density at radius 2 is 1.35 bits per heavy atom. The fraction of sp³-hybridized carbons (Fsp3) is 0.0851. The van der Waals surface area contributed by atoms with E-state index in [4.69, 9.17) is 4.98 Å². The first-order valence-corrected chi connectivity index (χ1v) is 19.2. The van der Waals surface area contributed by atoms with Crippen LogP contribution < -0.4 is 10.6 Å². The highest BCUT2D eigenvalue weighted by Gasteiger charge is 2.38. The van der Waals surface area contributed by atoms with Crippen LogP contribution in [0.25, 0.3) is 60.6 Å². The average Bonchev–Trinajstić information content (AvgIpc) is 3.68. The van der Waals surface area contributed by atoms with Crippen molar-refractivity contribution in [2.45, 2.75) is 26.2 Å². The molecule has 6 aromatic carbocycles. The molecule has 0 aliphatic heterocycles. The summed E-state index contributed by atoms with van der Waals surface area (Å²) < 4.78 is 17.6. The molecule has 2 aromatic heterocycles.